The maximum atomic E-state index is 13.2. The molecule has 5 nitrogen and oxygen atoms in total. The maximum Gasteiger partial charge on any atom is 0.253 e. The molecule has 25 heavy (non-hydrogen) atoms. The number of likely N-dealkylation sites (tertiary alicyclic amines) is 1. The second kappa shape index (κ2) is 7.13. The quantitative estimate of drug-likeness (QED) is 0.850. The molecule has 132 valence electrons. The molecule has 1 saturated heterocycles. The summed E-state index contributed by atoms with van der Waals surface area (Å²) in [5, 5.41) is 8.07. The molecule has 1 aromatic heterocycles. The minimum absolute atomic E-state index is 0.0813. The van der Waals surface area contributed by atoms with Crippen LogP contribution < -0.4 is 4.74 Å². The number of amides is 1. The minimum atomic E-state index is -2.66. The van der Waals surface area contributed by atoms with E-state index in [9.17, 15) is 13.6 Å². The van der Waals surface area contributed by atoms with Gasteiger partial charge in [-0.1, -0.05) is 12.1 Å². The van der Waals surface area contributed by atoms with E-state index in [4.69, 9.17) is 4.74 Å². The van der Waals surface area contributed by atoms with Crippen LogP contribution in [0.2, 0.25) is 0 Å². The van der Waals surface area contributed by atoms with E-state index in [0.717, 1.165) is 5.56 Å². The SMILES string of the molecule is CCOc1ccc(-c2ccc(C(=O)N3CCC(F)(F)CC3)cc2)nn1. The van der Waals surface area contributed by atoms with Crippen molar-refractivity contribution in [3.63, 3.8) is 0 Å². The largest absolute Gasteiger partial charge is 0.477 e. The van der Waals surface area contributed by atoms with Crippen LogP contribution in [-0.2, 0) is 0 Å². The standard InChI is InChI=1S/C18H19F2N3O2/c1-2-25-16-8-7-15(21-22-16)13-3-5-14(6-4-13)17(24)23-11-9-18(19,20)10-12-23/h3-8H,2,9-12H2,1H3. The summed E-state index contributed by atoms with van der Waals surface area (Å²) in [6, 6.07) is 10.4. The topological polar surface area (TPSA) is 55.3 Å². The highest BCUT2D eigenvalue weighted by molar-refractivity contribution is 5.94. The number of halogens is 2. The molecular formula is C18H19F2N3O2. The predicted molar refractivity (Wildman–Crippen MR) is 88.7 cm³/mol. The zero-order valence-corrected chi connectivity index (χ0v) is 13.9. The number of aromatic nitrogens is 2. The summed E-state index contributed by atoms with van der Waals surface area (Å²) < 4.78 is 31.7. The van der Waals surface area contributed by atoms with Gasteiger partial charge in [-0.25, -0.2) is 8.78 Å². The molecule has 1 aliphatic rings. The summed E-state index contributed by atoms with van der Waals surface area (Å²) >= 11 is 0. The average molecular weight is 347 g/mol. The Hall–Kier alpha value is -2.57. The lowest BCUT2D eigenvalue weighted by Gasteiger charge is -2.31. The van der Waals surface area contributed by atoms with E-state index in [2.05, 4.69) is 10.2 Å². The number of alkyl halides is 2. The number of rotatable bonds is 4. The normalized spacial score (nSPS) is 16.5. The second-order valence-electron chi connectivity index (χ2n) is 5.92. The molecule has 1 aliphatic heterocycles. The molecule has 0 aliphatic carbocycles. The van der Waals surface area contributed by atoms with Gasteiger partial charge < -0.3 is 9.64 Å². The Kier molecular flexibility index (Phi) is 4.92. The number of nitrogens with zero attached hydrogens (tertiary/aromatic N) is 3. The lowest BCUT2D eigenvalue weighted by Crippen LogP contribution is -2.42. The van der Waals surface area contributed by atoms with Crippen molar-refractivity contribution in [1.82, 2.24) is 15.1 Å². The van der Waals surface area contributed by atoms with Gasteiger partial charge >= 0.3 is 0 Å². The van der Waals surface area contributed by atoms with E-state index < -0.39 is 5.92 Å². The van der Waals surface area contributed by atoms with Crippen LogP contribution in [0.15, 0.2) is 36.4 Å². The van der Waals surface area contributed by atoms with Crippen LogP contribution in [0, 0.1) is 0 Å². The first-order valence-electron chi connectivity index (χ1n) is 8.22. The molecule has 0 N–H and O–H groups in total. The Balaban J connectivity index is 1.68. The molecule has 0 atom stereocenters. The van der Waals surface area contributed by atoms with Crippen molar-refractivity contribution in [1.29, 1.82) is 0 Å². The number of carbonyl (C=O) groups excluding carboxylic acids is 1. The van der Waals surface area contributed by atoms with Gasteiger partial charge in [0.2, 0.25) is 5.88 Å². The summed E-state index contributed by atoms with van der Waals surface area (Å²) in [5.74, 6) is -2.42. The Bertz CT molecular complexity index is 723. The molecule has 2 heterocycles. The summed E-state index contributed by atoms with van der Waals surface area (Å²) in [6.45, 7) is 2.55. The van der Waals surface area contributed by atoms with Crippen LogP contribution in [0.3, 0.4) is 0 Å². The van der Waals surface area contributed by atoms with Crippen LogP contribution in [0.4, 0.5) is 8.78 Å². The van der Waals surface area contributed by atoms with Gasteiger partial charge in [-0.3, -0.25) is 4.79 Å². The van der Waals surface area contributed by atoms with E-state index in [-0.39, 0.29) is 31.8 Å². The Labute approximate surface area is 144 Å². The van der Waals surface area contributed by atoms with Crippen molar-refractivity contribution < 1.29 is 18.3 Å². The summed E-state index contributed by atoms with van der Waals surface area (Å²) in [7, 11) is 0. The summed E-state index contributed by atoms with van der Waals surface area (Å²) in [5.41, 5.74) is 1.96. The van der Waals surface area contributed by atoms with Crippen LogP contribution in [0.1, 0.15) is 30.1 Å². The van der Waals surface area contributed by atoms with Gasteiger partial charge in [-0.2, -0.15) is 0 Å². The fraction of sp³-hybridized carbons (Fsp3) is 0.389. The first kappa shape index (κ1) is 17.3. The molecule has 1 aromatic carbocycles. The van der Waals surface area contributed by atoms with E-state index in [1.807, 2.05) is 6.92 Å². The van der Waals surface area contributed by atoms with Gasteiger partial charge in [-0.15, -0.1) is 10.2 Å². The smallest absolute Gasteiger partial charge is 0.253 e. The predicted octanol–water partition coefficient (Wildman–Crippen LogP) is 3.41. The molecule has 1 fully saturated rings. The first-order valence-corrected chi connectivity index (χ1v) is 8.22. The molecular weight excluding hydrogens is 328 g/mol. The third-order valence-electron chi connectivity index (χ3n) is 4.14. The zero-order valence-electron chi connectivity index (χ0n) is 13.9. The van der Waals surface area contributed by atoms with E-state index in [1.165, 1.54) is 4.90 Å². The number of ether oxygens (including phenoxy) is 1. The summed E-state index contributed by atoms with van der Waals surface area (Å²) in [4.78, 5) is 13.9. The highest BCUT2D eigenvalue weighted by Crippen LogP contribution is 2.28. The highest BCUT2D eigenvalue weighted by atomic mass is 19.3. The van der Waals surface area contributed by atoms with Crippen molar-refractivity contribution in [3.8, 4) is 17.1 Å². The molecule has 0 radical (unpaired) electrons. The van der Waals surface area contributed by atoms with Crippen molar-refractivity contribution in [3.05, 3.63) is 42.0 Å². The number of hydrogen-bond donors (Lipinski definition) is 0. The van der Waals surface area contributed by atoms with Gasteiger partial charge in [0.05, 0.1) is 12.3 Å². The molecule has 7 heteroatoms. The third kappa shape index (κ3) is 4.10. The zero-order chi connectivity index (χ0) is 17.9. The fourth-order valence-corrected chi connectivity index (χ4v) is 2.70. The van der Waals surface area contributed by atoms with E-state index in [1.54, 1.807) is 36.4 Å². The van der Waals surface area contributed by atoms with Gasteiger partial charge in [0.15, 0.2) is 0 Å². The molecule has 3 rings (SSSR count). The third-order valence-corrected chi connectivity index (χ3v) is 4.14. The number of carbonyl (C=O) groups is 1. The van der Waals surface area contributed by atoms with Gasteiger partial charge in [0, 0.05) is 43.1 Å². The molecule has 0 bridgehead atoms. The van der Waals surface area contributed by atoms with Crippen LogP contribution in [0.25, 0.3) is 11.3 Å². The second-order valence-corrected chi connectivity index (χ2v) is 5.92. The van der Waals surface area contributed by atoms with E-state index >= 15 is 0 Å². The van der Waals surface area contributed by atoms with Gasteiger partial charge in [-0.05, 0) is 25.1 Å². The fourth-order valence-electron chi connectivity index (χ4n) is 2.70. The summed E-state index contributed by atoms with van der Waals surface area (Å²) in [6.07, 6.45) is -0.558. The van der Waals surface area contributed by atoms with E-state index in [0.29, 0.717) is 23.7 Å². The molecule has 0 saturated carbocycles. The van der Waals surface area contributed by atoms with Gasteiger partial charge in [0.25, 0.3) is 11.8 Å². The highest BCUT2D eigenvalue weighted by Gasteiger charge is 2.35. The lowest BCUT2D eigenvalue weighted by atomic mass is 10.0. The Morgan fingerprint density at radius 1 is 1.12 bits per heavy atom. The van der Waals surface area contributed by atoms with Crippen molar-refractivity contribution in [2.45, 2.75) is 25.7 Å². The number of hydrogen-bond acceptors (Lipinski definition) is 4. The average Bonchev–Trinajstić information content (AvgIpc) is 2.62. The number of piperidine rings is 1. The van der Waals surface area contributed by atoms with Crippen LogP contribution in [-0.4, -0.2) is 46.6 Å². The molecule has 0 spiro atoms. The minimum Gasteiger partial charge on any atom is -0.477 e. The van der Waals surface area contributed by atoms with Gasteiger partial charge in [0.1, 0.15) is 0 Å². The van der Waals surface area contributed by atoms with Crippen molar-refractivity contribution in [2.75, 3.05) is 19.7 Å². The lowest BCUT2D eigenvalue weighted by molar-refractivity contribution is -0.0494. The maximum absolute atomic E-state index is 13.2. The van der Waals surface area contributed by atoms with Crippen LogP contribution in [0.5, 0.6) is 5.88 Å². The van der Waals surface area contributed by atoms with Crippen molar-refractivity contribution in [2.24, 2.45) is 0 Å². The molecule has 0 unspecified atom stereocenters. The Morgan fingerprint density at radius 2 is 1.80 bits per heavy atom. The number of benzene rings is 1. The molecule has 2 aromatic rings. The van der Waals surface area contributed by atoms with Crippen LogP contribution >= 0.6 is 0 Å². The Morgan fingerprint density at radius 3 is 2.36 bits per heavy atom. The van der Waals surface area contributed by atoms with Crippen molar-refractivity contribution >= 4 is 5.91 Å². The molecule has 1 amide bonds. The first-order chi connectivity index (χ1) is 12.0. The monoisotopic (exact) mass is 347 g/mol.